The number of hydrogen-bond acceptors (Lipinski definition) is 7. The fourth-order valence-electron chi connectivity index (χ4n) is 4.55. The van der Waals surface area contributed by atoms with Crippen molar-refractivity contribution in [3.63, 3.8) is 0 Å². The van der Waals surface area contributed by atoms with Crippen molar-refractivity contribution in [1.82, 2.24) is 9.21 Å². The van der Waals surface area contributed by atoms with E-state index < -0.39 is 26.9 Å². The highest BCUT2D eigenvalue weighted by molar-refractivity contribution is 7.89. The zero-order valence-electron chi connectivity index (χ0n) is 17.2. The van der Waals surface area contributed by atoms with Gasteiger partial charge in [-0.2, -0.15) is 4.31 Å². The Balaban J connectivity index is 0.000000427. The number of allylic oxidation sites excluding steroid dienone is 2. The van der Waals surface area contributed by atoms with Crippen LogP contribution in [0.4, 0.5) is 5.69 Å². The second kappa shape index (κ2) is 9.76. The number of rotatable bonds is 5. The molecule has 3 atom stereocenters. The summed E-state index contributed by atoms with van der Waals surface area (Å²) in [6.45, 7) is 3.13. The minimum atomic E-state index is -3.84. The molecule has 2 bridgehead atoms. The molecule has 3 unspecified atom stereocenters. The van der Waals surface area contributed by atoms with Crippen LogP contribution in [0.3, 0.4) is 0 Å². The number of nitro benzene ring substituents is 1. The van der Waals surface area contributed by atoms with Crippen molar-refractivity contribution in [2.24, 2.45) is 17.8 Å². The van der Waals surface area contributed by atoms with Crippen LogP contribution in [-0.2, 0) is 19.6 Å². The summed E-state index contributed by atoms with van der Waals surface area (Å²) in [5, 5.41) is 26.0. The normalized spacial score (nSPS) is 25.2. The zero-order chi connectivity index (χ0) is 23.5. The van der Waals surface area contributed by atoms with E-state index in [1.807, 2.05) is 0 Å². The Kier molecular flexibility index (Phi) is 7.26. The molecule has 1 aromatic rings. The van der Waals surface area contributed by atoms with Crippen LogP contribution < -0.4 is 0 Å². The molecule has 1 heterocycles. The largest absolute Gasteiger partial charge is 0.473 e. The monoisotopic (exact) mass is 467 g/mol. The number of carbonyl (C=O) groups is 2. The Morgan fingerprint density at radius 3 is 2.16 bits per heavy atom. The fraction of sp³-hybridized carbons (Fsp3) is 0.500. The van der Waals surface area contributed by atoms with Crippen LogP contribution in [0.5, 0.6) is 0 Å². The summed E-state index contributed by atoms with van der Waals surface area (Å²) in [4.78, 5) is 30.9. The lowest BCUT2D eigenvalue weighted by Gasteiger charge is -2.36. The second-order valence-corrected chi connectivity index (χ2v) is 9.99. The van der Waals surface area contributed by atoms with Gasteiger partial charge in [0.05, 0.1) is 4.92 Å². The molecule has 4 rings (SSSR count). The molecular weight excluding hydrogens is 442 g/mol. The van der Waals surface area contributed by atoms with Gasteiger partial charge in [-0.3, -0.25) is 10.1 Å². The molecule has 2 fully saturated rings. The van der Waals surface area contributed by atoms with Crippen molar-refractivity contribution < 1.29 is 33.1 Å². The molecule has 12 heteroatoms. The average molecular weight is 468 g/mol. The van der Waals surface area contributed by atoms with E-state index >= 15 is 0 Å². The van der Waals surface area contributed by atoms with E-state index in [-0.39, 0.29) is 10.6 Å². The predicted molar refractivity (Wildman–Crippen MR) is 112 cm³/mol. The minimum absolute atomic E-state index is 0.211. The number of carboxylic acid groups (broad SMARTS) is 2. The maximum Gasteiger partial charge on any atom is 0.414 e. The average Bonchev–Trinajstić information content (AvgIpc) is 3.38. The molecule has 0 radical (unpaired) electrons. The van der Waals surface area contributed by atoms with Crippen LogP contribution in [0, 0.1) is 27.9 Å². The number of aliphatic carboxylic acids is 2. The third-order valence-corrected chi connectivity index (χ3v) is 8.05. The van der Waals surface area contributed by atoms with Gasteiger partial charge in [0.25, 0.3) is 5.69 Å². The van der Waals surface area contributed by atoms with Gasteiger partial charge in [-0.1, -0.05) is 24.3 Å². The van der Waals surface area contributed by atoms with Gasteiger partial charge in [0.2, 0.25) is 10.0 Å². The van der Waals surface area contributed by atoms with Crippen LogP contribution in [0.2, 0.25) is 0 Å². The van der Waals surface area contributed by atoms with E-state index in [1.165, 1.54) is 41.4 Å². The molecule has 11 nitrogen and oxygen atoms in total. The summed E-state index contributed by atoms with van der Waals surface area (Å²) >= 11 is 0. The molecule has 3 aliphatic rings. The lowest BCUT2D eigenvalue weighted by molar-refractivity contribution is -0.387. The molecule has 0 spiro atoms. The molecule has 32 heavy (non-hydrogen) atoms. The standard InChI is InChI=1S/C18H23N3O4S.C2H2O4/c22-21(23)17-3-1-2-4-18(17)26(24,25)20-9-7-19(8-10-20)13-16-12-14-5-6-15(16)11-14;3-1(4)2(5)6/h1-6,14-16H,7-13H2;(H,3,4)(H,5,6). The summed E-state index contributed by atoms with van der Waals surface area (Å²) in [5.74, 6) is -1.53. The van der Waals surface area contributed by atoms with Gasteiger partial charge in [0.15, 0.2) is 4.90 Å². The van der Waals surface area contributed by atoms with Gasteiger partial charge in [0, 0.05) is 38.8 Å². The predicted octanol–water partition coefficient (Wildman–Crippen LogP) is 1.27. The molecule has 2 aliphatic carbocycles. The lowest BCUT2D eigenvalue weighted by atomic mass is 9.93. The SMILES string of the molecule is O=C(O)C(=O)O.O=[N+]([O-])c1ccccc1S(=O)(=O)N1CCN(CC2CC3C=CC2C3)CC1. The molecule has 1 saturated heterocycles. The molecule has 0 amide bonds. The Labute approximate surface area is 185 Å². The number of nitro groups is 1. The quantitative estimate of drug-likeness (QED) is 0.281. The van der Waals surface area contributed by atoms with E-state index in [2.05, 4.69) is 17.1 Å². The summed E-state index contributed by atoms with van der Waals surface area (Å²) in [5.41, 5.74) is -0.358. The summed E-state index contributed by atoms with van der Waals surface area (Å²) in [7, 11) is -3.84. The Bertz CT molecular complexity index is 1010. The van der Waals surface area contributed by atoms with Crippen molar-refractivity contribution >= 4 is 27.6 Å². The van der Waals surface area contributed by atoms with E-state index in [0.717, 1.165) is 12.5 Å². The van der Waals surface area contributed by atoms with Gasteiger partial charge in [-0.05, 0) is 36.7 Å². The first-order valence-electron chi connectivity index (χ1n) is 10.2. The fourth-order valence-corrected chi connectivity index (χ4v) is 6.13. The second-order valence-electron chi connectivity index (χ2n) is 8.08. The van der Waals surface area contributed by atoms with E-state index in [0.29, 0.717) is 38.0 Å². The highest BCUT2D eigenvalue weighted by Gasteiger charge is 2.38. The van der Waals surface area contributed by atoms with E-state index in [1.54, 1.807) is 0 Å². The Hall–Kier alpha value is -2.83. The molecule has 2 N–H and O–H groups in total. The first-order valence-corrected chi connectivity index (χ1v) is 11.6. The van der Waals surface area contributed by atoms with E-state index in [4.69, 9.17) is 19.8 Å². The van der Waals surface area contributed by atoms with Crippen molar-refractivity contribution in [3.8, 4) is 0 Å². The van der Waals surface area contributed by atoms with E-state index in [9.17, 15) is 18.5 Å². The molecular formula is C20H25N3O8S. The zero-order valence-corrected chi connectivity index (χ0v) is 18.1. The lowest BCUT2D eigenvalue weighted by Crippen LogP contribution is -2.50. The number of fused-ring (bicyclic) bond motifs is 2. The van der Waals surface area contributed by atoms with Crippen LogP contribution in [0.1, 0.15) is 12.8 Å². The van der Waals surface area contributed by atoms with Crippen molar-refractivity contribution in [3.05, 3.63) is 46.5 Å². The number of para-hydroxylation sites is 1. The summed E-state index contributed by atoms with van der Waals surface area (Å²) < 4.78 is 27.1. The number of piperazine rings is 1. The van der Waals surface area contributed by atoms with Gasteiger partial charge in [-0.15, -0.1) is 0 Å². The Morgan fingerprint density at radius 2 is 1.66 bits per heavy atom. The highest BCUT2D eigenvalue weighted by atomic mass is 32.2. The first-order chi connectivity index (χ1) is 15.1. The highest BCUT2D eigenvalue weighted by Crippen LogP contribution is 2.43. The topological polar surface area (TPSA) is 158 Å². The molecule has 1 saturated carbocycles. The maximum atomic E-state index is 12.9. The maximum absolute atomic E-state index is 12.9. The summed E-state index contributed by atoms with van der Waals surface area (Å²) in [6, 6.07) is 5.57. The van der Waals surface area contributed by atoms with Crippen LogP contribution in [0.15, 0.2) is 41.3 Å². The number of hydrogen-bond donors (Lipinski definition) is 2. The van der Waals surface area contributed by atoms with Gasteiger partial charge < -0.3 is 15.1 Å². The van der Waals surface area contributed by atoms with Crippen molar-refractivity contribution in [2.45, 2.75) is 17.7 Å². The molecule has 1 aliphatic heterocycles. The van der Waals surface area contributed by atoms with Gasteiger partial charge in [0.1, 0.15) is 0 Å². The number of benzene rings is 1. The van der Waals surface area contributed by atoms with Crippen LogP contribution >= 0.6 is 0 Å². The van der Waals surface area contributed by atoms with Crippen LogP contribution in [-0.4, -0.2) is 77.4 Å². The number of sulfonamides is 1. The van der Waals surface area contributed by atoms with Gasteiger partial charge >= 0.3 is 11.9 Å². The first kappa shape index (κ1) is 23.8. The molecule has 174 valence electrons. The van der Waals surface area contributed by atoms with Crippen LogP contribution in [0.25, 0.3) is 0 Å². The molecule has 1 aromatic carbocycles. The van der Waals surface area contributed by atoms with Crippen molar-refractivity contribution in [2.75, 3.05) is 32.7 Å². The number of carboxylic acids is 2. The Morgan fingerprint density at radius 1 is 1.03 bits per heavy atom. The van der Waals surface area contributed by atoms with Gasteiger partial charge in [-0.25, -0.2) is 18.0 Å². The smallest absolute Gasteiger partial charge is 0.414 e. The third kappa shape index (κ3) is 5.31. The minimum Gasteiger partial charge on any atom is -0.473 e. The number of nitrogens with zero attached hydrogens (tertiary/aromatic N) is 3. The van der Waals surface area contributed by atoms with Crippen molar-refractivity contribution in [1.29, 1.82) is 0 Å². The summed E-state index contributed by atoms with van der Waals surface area (Å²) in [6.07, 6.45) is 7.19. The third-order valence-electron chi connectivity index (χ3n) is 6.10. The molecule has 0 aromatic heterocycles.